The first-order chi connectivity index (χ1) is 8.09. The molecule has 0 amide bonds. The monoisotopic (exact) mass is 231 g/mol. The van der Waals surface area contributed by atoms with E-state index in [0.29, 0.717) is 12.2 Å². The van der Waals surface area contributed by atoms with Crippen LogP contribution < -0.4 is 5.73 Å². The molecule has 0 aliphatic heterocycles. The van der Waals surface area contributed by atoms with Crippen LogP contribution in [0.4, 0.5) is 0 Å². The van der Waals surface area contributed by atoms with Crippen molar-refractivity contribution in [1.29, 1.82) is 0 Å². The zero-order chi connectivity index (χ0) is 12.4. The molecule has 1 aliphatic rings. The van der Waals surface area contributed by atoms with Crippen LogP contribution in [0.1, 0.15) is 36.0 Å². The molecule has 0 spiro atoms. The van der Waals surface area contributed by atoms with E-state index in [1.807, 2.05) is 6.07 Å². The van der Waals surface area contributed by atoms with E-state index in [9.17, 15) is 4.79 Å². The lowest BCUT2D eigenvalue weighted by Crippen LogP contribution is -2.31. The molecule has 1 aromatic carbocycles. The number of nitrogens with two attached hydrogens (primary N) is 1. The largest absolute Gasteiger partial charge is 0.327 e. The van der Waals surface area contributed by atoms with Crippen LogP contribution in [-0.4, -0.2) is 11.8 Å². The molecule has 0 bridgehead atoms. The predicted molar refractivity (Wildman–Crippen MR) is 69.9 cm³/mol. The van der Waals surface area contributed by atoms with E-state index in [1.54, 1.807) is 0 Å². The lowest BCUT2D eigenvalue weighted by molar-refractivity contribution is -0.122. The number of ketones is 1. The molecule has 2 unspecified atom stereocenters. The third-order valence-corrected chi connectivity index (χ3v) is 3.98. The van der Waals surface area contributed by atoms with Gasteiger partial charge in [-0.05, 0) is 43.4 Å². The van der Waals surface area contributed by atoms with Crippen molar-refractivity contribution in [2.75, 3.05) is 0 Å². The van der Waals surface area contributed by atoms with E-state index >= 15 is 0 Å². The van der Waals surface area contributed by atoms with Crippen LogP contribution in [0.3, 0.4) is 0 Å². The third-order valence-electron chi connectivity index (χ3n) is 3.98. The van der Waals surface area contributed by atoms with Gasteiger partial charge in [0.05, 0.1) is 0 Å². The predicted octanol–water partition coefficient (Wildman–Crippen LogP) is 2.54. The van der Waals surface area contributed by atoms with Crippen LogP contribution in [0.5, 0.6) is 0 Å². The molecular weight excluding hydrogens is 210 g/mol. The maximum Gasteiger partial charge on any atom is 0.141 e. The van der Waals surface area contributed by atoms with Crippen LogP contribution in [0.2, 0.25) is 0 Å². The second-order valence-electron chi connectivity index (χ2n) is 5.21. The van der Waals surface area contributed by atoms with Crippen molar-refractivity contribution in [3.63, 3.8) is 0 Å². The zero-order valence-electron chi connectivity index (χ0n) is 10.7. The van der Waals surface area contributed by atoms with Crippen LogP contribution in [0, 0.1) is 19.8 Å². The Labute approximate surface area is 103 Å². The summed E-state index contributed by atoms with van der Waals surface area (Å²) in [5.41, 5.74) is 9.61. The minimum atomic E-state index is 0.0897. The number of hydrogen-bond acceptors (Lipinski definition) is 2. The van der Waals surface area contributed by atoms with Crippen LogP contribution >= 0.6 is 0 Å². The number of carbonyl (C=O) groups is 1. The molecule has 0 radical (unpaired) electrons. The Hall–Kier alpha value is -1.15. The minimum Gasteiger partial charge on any atom is -0.327 e. The fourth-order valence-electron chi connectivity index (χ4n) is 2.82. The average molecular weight is 231 g/mol. The fraction of sp³-hybridized carbons (Fsp3) is 0.533. The Morgan fingerprint density at radius 2 is 1.94 bits per heavy atom. The van der Waals surface area contributed by atoms with Crippen molar-refractivity contribution in [1.82, 2.24) is 0 Å². The second kappa shape index (κ2) is 5.01. The van der Waals surface area contributed by atoms with Gasteiger partial charge >= 0.3 is 0 Å². The molecule has 1 saturated carbocycles. The van der Waals surface area contributed by atoms with Gasteiger partial charge in [0, 0.05) is 18.4 Å². The molecule has 2 heteroatoms. The molecule has 2 atom stereocenters. The van der Waals surface area contributed by atoms with Crippen molar-refractivity contribution in [2.45, 2.75) is 45.6 Å². The van der Waals surface area contributed by atoms with Gasteiger partial charge in [-0.3, -0.25) is 4.79 Å². The Morgan fingerprint density at radius 3 is 2.47 bits per heavy atom. The van der Waals surface area contributed by atoms with E-state index in [2.05, 4.69) is 26.0 Å². The molecule has 17 heavy (non-hydrogen) atoms. The van der Waals surface area contributed by atoms with Crippen LogP contribution in [0.25, 0.3) is 0 Å². The van der Waals surface area contributed by atoms with Crippen molar-refractivity contribution in [3.05, 3.63) is 34.9 Å². The molecule has 0 heterocycles. The fourth-order valence-corrected chi connectivity index (χ4v) is 2.82. The van der Waals surface area contributed by atoms with Gasteiger partial charge in [0.2, 0.25) is 0 Å². The number of hydrogen-bond donors (Lipinski definition) is 1. The highest BCUT2D eigenvalue weighted by Crippen LogP contribution is 2.27. The standard InChI is InChI=1S/C15H21NO/c1-10-5-3-6-11(2)13(10)9-15(17)12-7-4-8-14(12)16/h3,5-6,12,14H,4,7-9,16H2,1-2H3. The smallest absolute Gasteiger partial charge is 0.141 e. The maximum absolute atomic E-state index is 12.2. The molecule has 1 aromatic rings. The van der Waals surface area contributed by atoms with Crippen molar-refractivity contribution >= 4 is 5.78 Å². The lowest BCUT2D eigenvalue weighted by atomic mass is 9.90. The summed E-state index contributed by atoms with van der Waals surface area (Å²) in [5.74, 6) is 0.418. The highest BCUT2D eigenvalue weighted by Gasteiger charge is 2.30. The molecule has 92 valence electrons. The van der Waals surface area contributed by atoms with Crippen molar-refractivity contribution in [2.24, 2.45) is 11.7 Å². The third kappa shape index (κ3) is 2.58. The van der Waals surface area contributed by atoms with Gasteiger partial charge in [-0.1, -0.05) is 24.6 Å². The summed E-state index contributed by atoms with van der Waals surface area (Å²) in [6.07, 6.45) is 3.63. The van der Waals surface area contributed by atoms with Gasteiger partial charge in [0.25, 0.3) is 0 Å². The van der Waals surface area contributed by atoms with Crippen LogP contribution in [-0.2, 0) is 11.2 Å². The summed E-state index contributed by atoms with van der Waals surface area (Å²) in [5, 5.41) is 0. The second-order valence-corrected chi connectivity index (χ2v) is 5.21. The maximum atomic E-state index is 12.2. The topological polar surface area (TPSA) is 43.1 Å². The van der Waals surface area contributed by atoms with Gasteiger partial charge in [0.15, 0.2) is 0 Å². The summed E-state index contributed by atoms with van der Waals surface area (Å²) in [6, 6.07) is 6.28. The highest BCUT2D eigenvalue weighted by atomic mass is 16.1. The van der Waals surface area contributed by atoms with E-state index in [0.717, 1.165) is 19.3 Å². The Bertz CT molecular complexity index is 405. The molecule has 1 fully saturated rings. The minimum absolute atomic E-state index is 0.0897. The molecule has 2 nitrogen and oxygen atoms in total. The molecular formula is C15H21NO. The van der Waals surface area contributed by atoms with Crippen molar-refractivity contribution < 1.29 is 4.79 Å². The number of rotatable bonds is 3. The first-order valence-corrected chi connectivity index (χ1v) is 6.43. The van der Waals surface area contributed by atoms with E-state index in [1.165, 1.54) is 16.7 Å². The molecule has 0 aromatic heterocycles. The van der Waals surface area contributed by atoms with E-state index in [4.69, 9.17) is 5.73 Å². The summed E-state index contributed by atoms with van der Waals surface area (Å²) in [6.45, 7) is 4.15. The number of benzene rings is 1. The van der Waals surface area contributed by atoms with Gasteiger partial charge in [-0.2, -0.15) is 0 Å². The van der Waals surface area contributed by atoms with Gasteiger partial charge in [-0.15, -0.1) is 0 Å². The summed E-state index contributed by atoms with van der Waals surface area (Å²) < 4.78 is 0. The molecule has 2 N–H and O–H groups in total. The number of aryl methyl sites for hydroxylation is 2. The average Bonchev–Trinajstić information content (AvgIpc) is 2.70. The molecule has 1 aliphatic carbocycles. The van der Waals surface area contributed by atoms with Crippen LogP contribution in [0.15, 0.2) is 18.2 Å². The van der Waals surface area contributed by atoms with Gasteiger partial charge < -0.3 is 5.73 Å². The SMILES string of the molecule is Cc1cccc(C)c1CC(=O)C1CCCC1N. The quantitative estimate of drug-likeness (QED) is 0.868. The van der Waals surface area contributed by atoms with E-state index < -0.39 is 0 Å². The van der Waals surface area contributed by atoms with Gasteiger partial charge in [-0.25, -0.2) is 0 Å². The first kappa shape index (κ1) is 12.3. The molecule has 2 rings (SSSR count). The number of carbonyl (C=O) groups excluding carboxylic acids is 1. The van der Waals surface area contributed by atoms with Crippen molar-refractivity contribution in [3.8, 4) is 0 Å². The lowest BCUT2D eigenvalue weighted by Gasteiger charge is -2.16. The van der Waals surface area contributed by atoms with E-state index in [-0.39, 0.29) is 12.0 Å². The summed E-state index contributed by atoms with van der Waals surface area (Å²) in [7, 11) is 0. The first-order valence-electron chi connectivity index (χ1n) is 6.43. The van der Waals surface area contributed by atoms with Gasteiger partial charge in [0.1, 0.15) is 5.78 Å². The zero-order valence-corrected chi connectivity index (χ0v) is 10.7. The Balaban J connectivity index is 2.13. The number of Topliss-reactive ketones (excluding diaryl/α,β-unsaturated/α-hetero) is 1. The normalized spacial score (nSPS) is 23.9. The highest BCUT2D eigenvalue weighted by molar-refractivity contribution is 5.84. The summed E-state index contributed by atoms with van der Waals surface area (Å²) >= 11 is 0. The molecule has 0 saturated heterocycles. The Kier molecular flexibility index (Phi) is 3.63. The summed E-state index contributed by atoms with van der Waals surface area (Å²) in [4.78, 5) is 12.2. The Morgan fingerprint density at radius 1 is 1.29 bits per heavy atom.